The number of benzene rings is 1. The summed E-state index contributed by atoms with van der Waals surface area (Å²) in [7, 11) is -3.26. The number of pyridine rings is 1. The van der Waals surface area contributed by atoms with Gasteiger partial charge in [0, 0.05) is 42.6 Å². The van der Waals surface area contributed by atoms with Gasteiger partial charge in [0.25, 0.3) is 11.5 Å². The Labute approximate surface area is 261 Å². The Bertz CT molecular complexity index is 1860. The summed E-state index contributed by atoms with van der Waals surface area (Å²) in [6.45, 7) is -2.13. The number of aryl methyl sites for hydroxylation is 1. The third-order valence-electron chi connectivity index (χ3n) is 9.02. The Morgan fingerprint density at radius 1 is 1.02 bits per heavy atom. The van der Waals surface area contributed by atoms with Crippen LogP contribution in [0.15, 0.2) is 35.4 Å². The molecule has 44 heavy (non-hydrogen) atoms. The second kappa shape index (κ2) is 12.4. The Balaban J connectivity index is 1.46. The lowest BCUT2D eigenvalue weighted by atomic mass is 9.88. The fourth-order valence-electron chi connectivity index (χ4n) is 6.50. The maximum Gasteiger partial charge on any atom is 0.276 e. The number of fused-ring (bicyclic) bond motifs is 8. The molecule has 6 heterocycles. The number of sulfone groups is 1. The molecule has 0 aliphatic carbocycles. The highest BCUT2D eigenvalue weighted by atomic mass is 32.2. The second-order valence-electron chi connectivity index (χ2n) is 12.3. The van der Waals surface area contributed by atoms with Gasteiger partial charge in [-0.2, -0.15) is 0 Å². The van der Waals surface area contributed by atoms with Gasteiger partial charge in [0.05, 0.1) is 28.5 Å². The minimum atomic E-state index is -3.49. The van der Waals surface area contributed by atoms with E-state index in [2.05, 4.69) is 15.3 Å². The summed E-state index contributed by atoms with van der Waals surface area (Å²) >= 11 is 0. The zero-order chi connectivity index (χ0) is 34.6. The Morgan fingerprint density at radius 3 is 2.48 bits per heavy atom. The zero-order valence-electron chi connectivity index (χ0n) is 28.7. The highest BCUT2D eigenvalue weighted by Gasteiger charge is 2.41. The molecule has 0 spiro atoms. The molecule has 2 saturated heterocycles. The number of alkyl halides is 2. The Kier molecular flexibility index (Phi) is 7.41. The average molecular weight is 636 g/mol. The smallest absolute Gasteiger partial charge is 0.276 e. The number of nitrogens with one attached hydrogen (secondary N) is 1. The minimum Gasteiger partial charge on any atom is -0.363 e. The summed E-state index contributed by atoms with van der Waals surface area (Å²) in [5, 5.41) is 3.34. The van der Waals surface area contributed by atoms with Gasteiger partial charge in [-0.1, -0.05) is 37.5 Å². The molecule has 238 valence electrons. The van der Waals surface area contributed by atoms with Crippen LogP contribution in [0, 0.1) is 11.7 Å². The summed E-state index contributed by atoms with van der Waals surface area (Å²) in [6, 6.07) is 4.48. The molecular formula is C32H40F3N5O3S. The Hall–Kier alpha value is -2.99. The molecule has 2 fully saturated rings. The van der Waals surface area contributed by atoms with Crippen LogP contribution in [0.5, 0.6) is 0 Å². The molecular weight excluding hydrogens is 591 g/mol. The van der Waals surface area contributed by atoms with Crippen molar-refractivity contribution in [1.82, 2.24) is 19.4 Å². The summed E-state index contributed by atoms with van der Waals surface area (Å²) in [6.07, 6.45) is 2.17. The van der Waals surface area contributed by atoms with Crippen molar-refractivity contribution in [3.05, 3.63) is 63.5 Å². The van der Waals surface area contributed by atoms with E-state index < -0.39 is 70.0 Å². The lowest BCUT2D eigenvalue weighted by molar-refractivity contribution is -0.0592. The number of anilines is 1. The molecule has 0 saturated carbocycles. The van der Waals surface area contributed by atoms with E-state index in [1.807, 2.05) is 0 Å². The average Bonchev–Trinajstić information content (AvgIpc) is 2.98. The third-order valence-corrected chi connectivity index (χ3v) is 10.7. The first-order valence-electron chi connectivity index (χ1n) is 17.3. The lowest BCUT2D eigenvalue weighted by Gasteiger charge is -2.41. The second-order valence-corrected chi connectivity index (χ2v) is 14.6. The Morgan fingerprint density at radius 2 is 1.73 bits per heavy atom. The third kappa shape index (κ3) is 6.38. The van der Waals surface area contributed by atoms with Crippen molar-refractivity contribution in [2.24, 2.45) is 5.92 Å². The van der Waals surface area contributed by atoms with Crippen LogP contribution in [0.25, 0.3) is 11.0 Å². The number of halogens is 3. The van der Waals surface area contributed by atoms with E-state index in [0.717, 1.165) is 17.0 Å². The zero-order valence-corrected chi connectivity index (χ0v) is 25.5. The van der Waals surface area contributed by atoms with Crippen LogP contribution in [0.2, 0.25) is 0 Å². The minimum absolute atomic E-state index is 0.0163. The fourth-order valence-corrected chi connectivity index (χ4v) is 7.99. The first-order chi connectivity index (χ1) is 22.5. The van der Waals surface area contributed by atoms with Crippen molar-refractivity contribution >= 4 is 26.7 Å². The van der Waals surface area contributed by atoms with Crippen molar-refractivity contribution in [2.45, 2.75) is 82.7 Å². The normalized spacial score (nSPS) is 30.0. The molecule has 1 atom stereocenters. The molecule has 3 aromatic rings. The van der Waals surface area contributed by atoms with Gasteiger partial charge < -0.3 is 10.2 Å². The van der Waals surface area contributed by atoms with Gasteiger partial charge in [-0.3, -0.25) is 9.36 Å². The van der Waals surface area contributed by atoms with Gasteiger partial charge in [-0.05, 0) is 57.0 Å². The molecule has 7 rings (SSSR count). The van der Waals surface area contributed by atoms with Gasteiger partial charge in [0.2, 0.25) is 0 Å². The predicted octanol–water partition coefficient (Wildman–Crippen LogP) is 5.77. The topological polar surface area (TPSA) is 97.2 Å². The molecule has 4 aliphatic heterocycles. The van der Waals surface area contributed by atoms with E-state index in [1.165, 1.54) is 17.0 Å². The van der Waals surface area contributed by atoms with Gasteiger partial charge in [0.1, 0.15) is 33.4 Å². The van der Waals surface area contributed by atoms with Crippen LogP contribution in [0.1, 0.15) is 92.4 Å². The molecule has 2 aromatic heterocycles. The van der Waals surface area contributed by atoms with Crippen LogP contribution in [0.3, 0.4) is 0 Å². The number of aromatic nitrogens is 3. The summed E-state index contributed by atoms with van der Waals surface area (Å²) in [5.74, 6) is -5.62. The molecule has 8 nitrogen and oxygen atoms in total. The monoisotopic (exact) mass is 635 g/mol. The van der Waals surface area contributed by atoms with Crippen molar-refractivity contribution in [3.8, 4) is 0 Å². The van der Waals surface area contributed by atoms with E-state index in [0.29, 0.717) is 19.3 Å². The molecule has 4 aliphatic rings. The maximum atomic E-state index is 15.9. The molecule has 0 amide bonds. The summed E-state index contributed by atoms with van der Waals surface area (Å²) < 4.78 is 108. The van der Waals surface area contributed by atoms with Crippen molar-refractivity contribution in [1.29, 1.82) is 0 Å². The molecule has 0 radical (unpaired) electrons. The van der Waals surface area contributed by atoms with Crippen molar-refractivity contribution in [3.63, 3.8) is 0 Å². The molecule has 1 N–H and O–H groups in total. The number of nitrogens with zero attached hydrogens (tertiary/aromatic N) is 4. The SMILES string of the molecule is [2H]C1([2H])CCCCCC([2H])([2H])n2c(=O)c(C3CCS(=O)(=O)CC3)cc3c(ncnc32)N[C@H](C)c2cccc(c2F)C(F)(F)CC2CN1C2. The molecule has 1 aromatic carbocycles. The van der Waals surface area contributed by atoms with Gasteiger partial charge in [0.15, 0.2) is 0 Å². The quantitative estimate of drug-likeness (QED) is 0.363. The number of hydrogen-bond acceptors (Lipinski definition) is 7. The van der Waals surface area contributed by atoms with Crippen LogP contribution < -0.4 is 10.9 Å². The summed E-state index contributed by atoms with van der Waals surface area (Å²) in [5.41, 5.74) is -1.21. The predicted molar refractivity (Wildman–Crippen MR) is 164 cm³/mol. The van der Waals surface area contributed by atoms with E-state index in [-0.39, 0.29) is 78.3 Å². The first-order valence-corrected chi connectivity index (χ1v) is 17.1. The van der Waals surface area contributed by atoms with E-state index in [4.69, 9.17) is 5.48 Å². The van der Waals surface area contributed by atoms with Crippen molar-refractivity contribution in [2.75, 3.05) is 36.4 Å². The van der Waals surface area contributed by atoms with E-state index in [1.54, 1.807) is 13.0 Å². The van der Waals surface area contributed by atoms with Crippen LogP contribution in [-0.2, 0) is 22.3 Å². The first kappa shape index (κ1) is 26.2. The van der Waals surface area contributed by atoms with Gasteiger partial charge >= 0.3 is 0 Å². The standard InChI is InChI=1S/C32H40F3N5O3S/c1-21-24-8-7-9-27(28(24)33)32(34,35)17-22-18-39(19-22)12-5-3-2-4-6-13-40-30-26(29(38-21)36-20-37-30)16-25(31(40)41)23-10-14-44(42,43)15-11-23/h7-9,16,20-23H,2-6,10-15,17-19H2,1H3,(H,36,37,38)/t21-/m1/s1/i12D2,13D2. The highest BCUT2D eigenvalue weighted by Crippen LogP contribution is 2.40. The van der Waals surface area contributed by atoms with Crippen LogP contribution >= 0.6 is 0 Å². The number of rotatable bonds is 1. The highest BCUT2D eigenvalue weighted by molar-refractivity contribution is 7.91. The lowest BCUT2D eigenvalue weighted by Crippen LogP contribution is -2.48. The molecule has 0 unspecified atom stereocenters. The van der Waals surface area contributed by atoms with Gasteiger partial charge in [-0.25, -0.2) is 31.6 Å². The number of hydrogen-bond donors (Lipinski definition) is 1. The van der Waals surface area contributed by atoms with Crippen LogP contribution in [0.4, 0.5) is 19.0 Å². The largest absolute Gasteiger partial charge is 0.363 e. The van der Waals surface area contributed by atoms with Crippen LogP contribution in [-0.4, -0.2) is 58.9 Å². The van der Waals surface area contributed by atoms with Crippen molar-refractivity contribution < 1.29 is 27.1 Å². The van der Waals surface area contributed by atoms with E-state index >= 15 is 13.2 Å². The molecule has 8 bridgehead atoms. The maximum absolute atomic E-state index is 15.9. The summed E-state index contributed by atoms with van der Waals surface area (Å²) in [4.78, 5) is 24.2. The van der Waals surface area contributed by atoms with Gasteiger partial charge in [-0.15, -0.1) is 0 Å². The fraction of sp³-hybridized carbons (Fsp3) is 0.594. The molecule has 12 heteroatoms. The van der Waals surface area contributed by atoms with E-state index in [9.17, 15) is 13.2 Å².